The van der Waals surface area contributed by atoms with E-state index >= 15 is 0 Å². The number of anilines is 2. The first-order valence-electron chi connectivity index (χ1n) is 10.1. The van der Waals surface area contributed by atoms with Gasteiger partial charge in [-0.3, -0.25) is 9.59 Å². The van der Waals surface area contributed by atoms with Gasteiger partial charge in [-0.15, -0.1) is 0 Å². The van der Waals surface area contributed by atoms with Crippen LogP contribution in [0.25, 0.3) is 0 Å². The minimum atomic E-state index is -0.0313. The van der Waals surface area contributed by atoms with Crippen molar-refractivity contribution in [3.05, 3.63) is 121 Å². The maximum absolute atomic E-state index is 11.9. The van der Waals surface area contributed by atoms with E-state index in [1.807, 2.05) is 48.5 Å². The molecule has 4 nitrogen and oxygen atoms in total. The summed E-state index contributed by atoms with van der Waals surface area (Å²) in [5.74, 6) is -0.0626. The van der Waals surface area contributed by atoms with Crippen LogP contribution in [-0.4, -0.2) is 11.6 Å². The van der Waals surface area contributed by atoms with Crippen LogP contribution in [0.5, 0.6) is 0 Å². The Labute approximate surface area is 286 Å². The van der Waals surface area contributed by atoms with Crippen molar-refractivity contribution in [2.24, 2.45) is 0 Å². The van der Waals surface area contributed by atoms with E-state index in [1.54, 1.807) is 36.7 Å². The second kappa shape index (κ2) is 16.1. The summed E-state index contributed by atoms with van der Waals surface area (Å²) < 4.78 is 5.18. The SMILES string of the molecule is O=C1C(Br)=CC(Br)=C/C1=C/Nc1ccc(I)cc1.O=C1C(Br)=CC(Br)=C/C1=C/Nc1ccc(I)cc1.[Co]. The first kappa shape index (κ1) is 32.9. The van der Waals surface area contributed by atoms with Gasteiger partial charge in [0.15, 0.2) is 0 Å². The zero-order valence-electron chi connectivity index (χ0n) is 18.5. The van der Waals surface area contributed by atoms with Gasteiger partial charge in [0.1, 0.15) is 0 Å². The Kier molecular flexibility index (Phi) is 14.3. The summed E-state index contributed by atoms with van der Waals surface area (Å²) in [6.45, 7) is 0. The molecule has 2 aromatic carbocycles. The van der Waals surface area contributed by atoms with Crippen LogP contribution >= 0.6 is 109 Å². The largest absolute Gasteiger partial charge is 0.361 e. The fraction of sp³-hybridized carbons (Fsp3) is 0. The minimum absolute atomic E-state index is 0. The Morgan fingerprint density at radius 3 is 1.22 bits per heavy atom. The van der Waals surface area contributed by atoms with Gasteiger partial charge in [-0.25, -0.2) is 0 Å². The standard InChI is InChI=1S/2C13H8Br2INO.Co/c2*14-9-5-8(13(18)12(15)6-9)7-17-11-3-1-10(16)2-4-11;/h2*1-7,17H;/b2*8-7-;. The Hall–Kier alpha value is -0.294. The Morgan fingerprint density at radius 1 is 0.568 bits per heavy atom. The summed E-state index contributed by atoms with van der Waals surface area (Å²) in [5, 5.41) is 6.23. The van der Waals surface area contributed by atoms with Crippen molar-refractivity contribution in [1.29, 1.82) is 0 Å². The van der Waals surface area contributed by atoms with Gasteiger partial charge in [0.25, 0.3) is 0 Å². The molecule has 0 amide bonds. The van der Waals surface area contributed by atoms with Crippen molar-refractivity contribution < 1.29 is 26.4 Å². The van der Waals surface area contributed by atoms with Gasteiger partial charge in [-0.05, 0) is 150 Å². The normalized spacial score (nSPS) is 17.0. The zero-order valence-corrected chi connectivity index (χ0v) is 30.2. The first-order chi connectivity index (χ1) is 17.1. The Bertz CT molecular complexity index is 1260. The summed E-state index contributed by atoms with van der Waals surface area (Å²) in [7, 11) is 0. The number of nitrogens with one attached hydrogen (secondary N) is 2. The Balaban J connectivity index is 0.000000253. The predicted molar refractivity (Wildman–Crippen MR) is 180 cm³/mol. The van der Waals surface area contributed by atoms with Crippen molar-refractivity contribution >= 4 is 132 Å². The number of hydrogen-bond donors (Lipinski definition) is 2. The van der Waals surface area contributed by atoms with E-state index in [-0.39, 0.29) is 28.3 Å². The maximum Gasteiger partial charge on any atom is 0.201 e. The molecule has 0 bridgehead atoms. The average molecular weight is 1020 g/mol. The van der Waals surface area contributed by atoms with E-state index in [2.05, 4.69) is 120 Å². The van der Waals surface area contributed by atoms with Gasteiger partial charge in [-0.2, -0.15) is 0 Å². The topological polar surface area (TPSA) is 58.2 Å². The molecule has 0 heterocycles. The van der Waals surface area contributed by atoms with Crippen LogP contribution in [0.3, 0.4) is 0 Å². The molecular weight excluding hydrogens is 1000 g/mol. The monoisotopic (exact) mass is 1020 g/mol. The minimum Gasteiger partial charge on any atom is -0.361 e. The third-order valence-electron chi connectivity index (χ3n) is 4.55. The van der Waals surface area contributed by atoms with E-state index in [9.17, 15) is 9.59 Å². The number of benzene rings is 2. The van der Waals surface area contributed by atoms with E-state index in [1.165, 1.54) is 7.14 Å². The number of allylic oxidation sites excluding steroid dienone is 10. The molecule has 2 N–H and O–H groups in total. The van der Waals surface area contributed by atoms with Gasteiger partial charge in [0, 0.05) is 67.8 Å². The Morgan fingerprint density at radius 2 is 0.892 bits per heavy atom. The van der Waals surface area contributed by atoms with Gasteiger partial charge >= 0.3 is 0 Å². The molecule has 0 saturated heterocycles. The van der Waals surface area contributed by atoms with Crippen LogP contribution in [0.2, 0.25) is 0 Å². The maximum atomic E-state index is 11.9. The summed E-state index contributed by atoms with van der Waals surface area (Å²) in [4.78, 5) is 23.7. The molecule has 37 heavy (non-hydrogen) atoms. The number of hydrogen-bond acceptors (Lipinski definition) is 4. The fourth-order valence-corrected chi connectivity index (χ4v) is 6.03. The summed E-state index contributed by atoms with van der Waals surface area (Å²) in [6.07, 6.45) is 10.5. The molecule has 2 aliphatic carbocycles. The molecule has 0 aromatic heterocycles. The van der Waals surface area contributed by atoms with E-state index in [4.69, 9.17) is 0 Å². The van der Waals surface area contributed by atoms with E-state index in [0.717, 1.165) is 20.3 Å². The molecule has 193 valence electrons. The molecule has 0 atom stereocenters. The van der Waals surface area contributed by atoms with E-state index in [0.29, 0.717) is 20.1 Å². The third kappa shape index (κ3) is 10.7. The molecule has 4 rings (SSSR count). The molecule has 0 spiro atoms. The second-order valence-electron chi connectivity index (χ2n) is 7.20. The second-order valence-corrected chi connectivity index (χ2v) is 13.2. The summed E-state index contributed by atoms with van der Waals surface area (Å²) in [6, 6.07) is 15.9. The third-order valence-corrected chi connectivity index (χ3v) is 8.08. The number of halogens is 6. The molecule has 2 aromatic rings. The molecule has 0 saturated carbocycles. The molecule has 1 radical (unpaired) electrons. The van der Waals surface area contributed by atoms with Crippen LogP contribution in [-0.2, 0) is 26.4 Å². The first-order valence-corrected chi connectivity index (χ1v) is 15.5. The van der Waals surface area contributed by atoms with Crippen LogP contribution in [0.4, 0.5) is 11.4 Å². The van der Waals surface area contributed by atoms with Gasteiger partial charge in [0.05, 0.1) is 8.96 Å². The smallest absolute Gasteiger partial charge is 0.201 e. The van der Waals surface area contributed by atoms with Crippen molar-refractivity contribution in [1.82, 2.24) is 0 Å². The van der Waals surface area contributed by atoms with Crippen LogP contribution in [0.15, 0.2) is 114 Å². The molecule has 0 fully saturated rings. The molecule has 11 heteroatoms. The zero-order chi connectivity index (χ0) is 26.2. The molecule has 0 unspecified atom stereocenters. The van der Waals surface area contributed by atoms with Crippen molar-refractivity contribution in [3.8, 4) is 0 Å². The average Bonchev–Trinajstić information content (AvgIpc) is 2.84. The number of ketones is 2. The summed E-state index contributed by atoms with van der Waals surface area (Å²) >= 11 is 17.7. The van der Waals surface area contributed by atoms with Crippen molar-refractivity contribution in [2.45, 2.75) is 0 Å². The molecular formula is C26H16Br4CoI2N2O2. The van der Waals surface area contributed by atoms with Gasteiger partial charge < -0.3 is 10.6 Å². The number of carbonyl (C=O) groups is 2. The van der Waals surface area contributed by atoms with E-state index < -0.39 is 0 Å². The van der Waals surface area contributed by atoms with Crippen LogP contribution in [0, 0.1) is 7.14 Å². The summed E-state index contributed by atoms with van der Waals surface area (Å²) in [5.41, 5.74) is 3.11. The molecule has 0 aliphatic heterocycles. The van der Waals surface area contributed by atoms with Crippen LogP contribution in [0.1, 0.15) is 0 Å². The quantitative estimate of drug-likeness (QED) is 0.237. The van der Waals surface area contributed by atoms with Gasteiger partial charge in [-0.1, -0.05) is 31.9 Å². The van der Waals surface area contributed by atoms with Gasteiger partial charge in [0.2, 0.25) is 11.6 Å². The van der Waals surface area contributed by atoms with Crippen molar-refractivity contribution in [2.75, 3.05) is 10.6 Å². The number of carbonyl (C=O) groups excluding carboxylic acids is 2. The van der Waals surface area contributed by atoms with Crippen LogP contribution < -0.4 is 10.6 Å². The molecule has 2 aliphatic rings. The number of rotatable bonds is 4. The predicted octanol–water partition coefficient (Wildman–Crippen LogP) is 9.45. The van der Waals surface area contributed by atoms with Crippen molar-refractivity contribution in [3.63, 3.8) is 0 Å². The number of Topliss-reactive ketones (excluding diaryl/α,β-unsaturated/α-hetero) is 2. The fourth-order valence-electron chi connectivity index (χ4n) is 2.79.